The van der Waals surface area contributed by atoms with E-state index < -0.39 is 5.54 Å². The fourth-order valence-electron chi connectivity index (χ4n) is 2.55. The Bertz CT molecular complexity index is 446. The fourth-order valence-corrected chi connectivity index (χ4v) is 2.91. The molecule has 0 radical (unpaired) electrons. The lowest BCUT2D eigenvalue weighted by Crippen LogP contribution is -2.41. The predicted octanol–water partition coefficient (Wildman–Crippen LogP) is 1.27. The minimum absolute atomic E-state index is 0.111. The van der Waals surface area contributed by atoms with Crippen LogP contribution in [0.2, 0.25) is 0 Å². The maximum atomic E-state index is 11.9. The topological polar surface area (TPSA) is 41.1 Å². The van der Waals surface area contributed by atoms with E-state index in [4.69, 9.17) is 0 Å². The van der Waals surface area contributed by atoms with Gasteiger partial charge < -0.3 is 5.32 Å². The molecule has 4 heteroatoms. The van der Waals surface area contributed by atoms with Crippen molar-refractivity contribution in [2.24, 2.45) is 0 Å². The van der Waals surface area contributed by atoms with Gasteiger partial charge in [-0.25, -0.2) is 0 Å². The lowest BCUT2D eigenvalue weighted by atomic mass is 9.92. The van der Waals surface area contributed by atoms with Gasteiger partial charge in [-0.15, -0.1) is 0 Å². The van der Waals surface area contributed by atoms with E-state index in [0.29, 0.717) is 6.67 Å². The van der Waals surface area contributed by atoms with Crippen LogP contribution in [0.25, 0.3) is 0 Å². The summed E-state index contributed by atoms with van der Waals surface area (Å²) < 4.78 is 1.03. The van der Waals surface area contributed by atoms with Crippen molar-refractivity contribution in [3.05, 3.63) is 33.8 Å². The first-order valence-corrected chi connectivity index (χ1v) is 5.84. The minimum atomic E-state index is -0.459. The van der Waals surface area contributed by atoms with Crippen LogP contribution in [0.5, 0.6) is 0 Å². The van der Waals surface area contributed by atoms with E-state index in [0.717, 1.165) is 22.9 Å². The molecule has 1 saturated heterocycles. The summed E-state index contributed by atoms with van der Waals surface area (Å²) in [4.78, 5) is 11.9. The fraction of sp³-hybridized carbons (Fsp3) is 0.364. The van der Waals surface area contributed by atoms with Crippen LogP contribution in [0, 0.1) is 0 Å². The average Bonchev–Trinajstić information content (AvgIpc) is 2.75. The van der Waals surface area contributed by atoms with Crippen molar-refractivity contribution in [3.8, 4) is 0 Å². The number of benzene rings is 1. The van der Waals surface area contributed by atoms with Crippen molar-refractivity contribution in [1.82, 2.24) is 10.6 Å². The lowest BCUT2D eigenvalue weighted by Gasteiger charge is -2.21. The quantitative estimate of drug-likeness (QED) is 0.743. The summed E-state index contributed by atoms with van der Waals surface area (Å²) >= 11 is 3.46. The van der Waals surface area contributed by atoms with Crippen LogP contribution in [-0.4, -0.2) is 12.6 Å². The molecule has 2 aliphatic rings. The zero-order valence-corrected chi connectivity index (χ0v) is 9.73. The molecule has 1 aromatic rings. The molecule has 1 atom stereocenters. The second kappa shape index (κ2) is 3.06. The second-order valence-electron chi connectivity index (χ2n) is 4.07. The van der Waals surface area contributed by atoms with E-state index in [1.54, 1.807) is 0 Å². The number of amides is 1. The Morgan fingerprint density at radius 3 is 3.00 bits per heavy atom. The summed E-state index contributed by atoms with van der Waals surface area (Å²) in [6, 6.07) is 6.19. The molecule has 1 heterocycles. The SMILES string of the molecule is O=C1NCNC12CCc1ccc(Br)cc12. The van der Waals surface area contributed by atoms with Gasteiger partial charge in [0, 0.05) is 4.47 Å². The number of carbonyl (C=O) groups is 1. The van der Waals surface area contributed by atoms with Crippen molar-refractivity contribution < 1.29 is 4.79 Å². The number of aryl methyl sites for hydroxylation is 1. The van der Waals surface area contributed by atoms with Crippen molar-refractivity contribution in [2.45, 2.75) is 18.4 Å². The first kappa shape index (κ1) is 9.36. The van der Waals surface area contributed by atoms with Crippen molar-refractivity contribution >= 4 is 21.8 Å². The van der Waals surface area contributed by atoms with Gasteiger partial charge >= 0.3 is 0 Å². The molecule has 3 rings (SSSR count). The zero-order chi connectivity index (χ0) is 10.5. The molecule has 1 aliphatic carbocycles. The van der Waals surface area contributed by atoms with Gasteiger partial charge in [-0.1, -0.05) is 22.0 Å². The van der Waals surface area contributed by atoms with Crippen LogP contribution < -0.4 is 10.6 Å². The second-order valence-corrected chi connectivity index (χ2v) is 4.98. The molecule has 1 unspecified atom stereocenters. The Hall–Kier alpha value is -0.870. The minimum Gasteiger partial charge on any atom is -0.342 e. The molecule has 1 fully saturated rings. The van der Waals surface area contributed by atoms with Crippen LogP contribution in [-0.2, 0) is 16.8 Å². The van der Waals surface area contributed by atoms with Gasteiger partial charge in [0.15, 0.2) is 0 Å². The third-order valence-electron chi connectivity index (χ3n) is 3.33. The van der Waals surface area contributed by atoms with Gasteiger partial charge in [0.1, 0.15) is 5.54 Å². The number of rotatable bonds is 0. The first-order chi connectivity index (χ1) is 7.22. The van der Waals surface area contributed by atoms with E-state index in [-0.39, 0.29) is 5.91 Å². The molecule has 78 valence electrons. The van der Waals surface area contributed by atoms with Gasteiger partial charge in [-0.05, 0) is 36.1 Å². The van der Waals surface area contributed by atoms with Crippen molar-refractivity contribution in [3.63, 3.8) is 0 Å². The van der Waals surface area contributed by atoms with Crippen molar-refractivity contribution in [1.29, 1.82) is 0 Å². The number of carbonyl (C=O) groups excluding carboxylic acids is 1. The highest BCUT2D eigenvalue weighted by molar-refractivity contribution is 9.10. The molecular weight excluding hydrogens is 256 g/mol. The summed E-state index contributed by atoms with van der Waals surface area (Å²) in [6.07, 6.45) is 1.84. The van der Waals surface area contributed by atoms with Gasteiger partial charge in [-0.3, -0.25) is 10.1 Å². The molecule has 1 spiro atoms. The Morgan fingerprint density at radius 2 is 2.27 bits per heavy atom. The maximum Gasteiger partial charge on any atom is 0.245 e. The normalized spacial score (nSPS) is 28.2. The standard InChI is InChI=1S/C11H11BrN2O/c12-8-2-1-7-3-4-11(9(7)5-8)10(15)13-6-14-11/h1-2,5,14H,3-4,6H2,(H,13,15). The Balaban J connectivity index is 2.18. The molecule has 1 aromatic carbocycles. The number of fused-ring (bicyclic) bond motifs is 2. The number of nitrogens with one attached hydrogen (secondary N) is 2. The summed E-state index contributed by atoms with van der Waals surface area (Å²) in [5.74, 6) is 0.111. The van der Waals surface area contributed by atoms with Crippen LogP contribution in [0.15, 0.2) is 22.7 Å². The van der Waals surface area contributed by atoms with Crippen LogP contribution >= 0.6 is 15.9 Å². The highest BCUT2D eigenvalue weighted by Crippen LogP contribution is 2.39. The summed E-state index contributed by atoms with van der Waals surface area (Å²) in [5, 5.41) is 6.13. The third kappa shape index (κ3) is 1.18. The van der Waals surface area contributed by atoms with Gasteiger partial charge in [0.2, 0.25) is 5.91 Å². The smallest absolute Gasteiger partial charge is 0.245 e. The molecule has 1 aliphatic heterocycles. The molecule has 15 heavy (non-hydrogen) atoms. The molecule has 3 nitrogen and oxygen atoms in total. The van der Waals surface area contributed by atoms with Gasteiger partial charge in [0.25, 0.3) is 0 Å². The third-order valence-corrected chi connectivity index (χ3v) is 3.82. The van der Waals surface area contributed by atoms with Gasteiger partial charge in [-0.2, -0.15) is 0 Å². The first-order valence-electron chi connectivity index (χ1n) is 5.05. The lowest BCUT2D eigenvalue weighted by molar-refractivity contribution is -0.124. The maximum absolute atomic E-state index is 11.9. The molecule has 0 bridgehead atoms. The summed E-state index contributed by atoms with van der Waals surface area (Å²) in [5.41, 5.74) is 1.95. The Labute approximate surface area is 96.4 Å². The number of hydrogen-bond donors (Lipinski definition) is 2. The summed E-state index contributed by atoms with van der Waals surface area (Å²) in [6.45, 7) is 0.574. The highest BCUT2D eigenvalue weighted by atomic mass is 79.9. The largest absolute Gasteiger partial charge is 0.342 e. The molecule has 0 aromatic heterocycles. The molecule has 0 saturated carbocycles. The van der Waals surface area contributed by atoms with E-state index >= 15 is 0 Å². The highest BCUT2D eigenvalue weighted by Gasteiger charge is 2.47. The molecule has 2 N–H and O–H groups in total. The van der Waals surface area contributed by atoms with E-state index in [9.17, 15) is 4.79 Å². The van der Waals surface area contributed by atoms with E-state index in [2.05, 4.69) is 38.7 Å². The number of hydrogen-bond acceptors (Lipinski definition) is 2. The Kier molecular flexibility index (Phi) is 1.91. The van der Waals surface area contributed by atoms with Crippen LogP contribution in [0.3, 0.4) is 0 Å². The Morgan fingerprint density at radius 1 is 1.40 bits per heavy atom. The van der Waals surface area contributed by atoms with E-state index in [1.807, 2.05) is 6.07 Å². The monoisotopic (exact) mass is 266 g/mol. The van der Waals surface area contributed by atoms with Gasteiger partial charge in [0.05, 0.1) is 6.67 Å². The predicted molar refractivity (Wildman–Crippen MR) is 60.3 cm³/mol. The van der Waals surface area contributed by atoms with Crippen molar-refractivity contribution in [2.75, 3.05) is 6.67 Å². The molecule has 1 amide bonds. The van der Waals surface area contributed by atoms with Crippen LogP contribution in [0.4, 0.5) is 0 Å². The van der Waals surface area contributed by atoms with Crippen LogP contribution in [0.1, 0.15) is 17.5 Å². The van der Waals surface area contributed by atoms with E-state index in [1.165, 1.54) is 5.56 Å². The average molecular weight is 267 g/mol. The zero-order valence-electron chi connectivity index (χ0n) is 8.14. The number of halogens is 1. The summed E-state index contributed by atoms with van der Waals surface area (Å²) in [7, 11) is 0. The molecular formula is C11H11BrN2O.